The van der Waals surface area contributed by atoms with Gasteiger partial charge < -0.3 is 9.32 Å². The van der Waals surface area contributed by atoms with Crippen molar-refractivity contribution in [2.45, 2.75) is 0 Å². The molecule has 0 N–H and O–H groups in total. The topological polar surface area (TPSA) is 16.4 Å². The maximum Gasteiger partial charge on any atom is 0.143 e. The van der Waals surface area contributed by atoms with Gasteiger partial charge in [-0.25, -0.2) is 0 Å². The minimum Gasteiger partial charge on any atom is -0.455 e. The van der Waals surface area contributed by atoms with E-state index < -0.39 is 0 Å². The largest absolute Gasteiger partial charge is 0.455 e. The van der Waals surface area contributed by atoms with E-state index in [2.05, 4.69) is 181 Å². The Morgan fingerprint density at radius 3 is 2.02 bits per heavy atom. The average Bonchev–Trinajstić information content (AvgIpc) is 3.74. The molecule has 0 fully saturated rings. The van der Waals surface area contributed by atoms with Crippen molar-refractivity contribution in [3.8, 4) is 22.3 Å². The Balaban J connectivity index is 1.13. The SMILES string of the molecule is c1ccc(-c2cccc(N(c3ccc(-c4cccc5oc6c7ccccc7ccc6c45)cc3)c3ccc4sc5ccccc5c4c3)c2)cc1. The lowest BCUT2D eigenvalue weighted by Gasteiger charge is -2.26. The second-order valence-corrected chi connectivity index (χ2v) is 13.6. The van der Waals surface area contributed by atoms with Crippen LogP contribution >= 0.6 is 11.3 Å². The second kappa shape index (κ2) is 11.2. The molecule has 0 saturated carbocycles. The van der Waals surface area contributed by atoms with Crippen LogP contribution in [0.15, 0.2) is 180 Å². The average molecular weight is 644 g/mol. The lowest BCUT2D eigenvalue weighted by molar-refractivity contribution is 0.673. The monoisotopic (exact) mass is 643 g/mol. The molecule has 0 radical (unpaired) electrons. The van der Waals surface area contributed by atoms with E-state index in [1.807, 2.05) is 11.3 Å². The zero-order valence-electron chi connectivity index (χ0n) is 26.5. The van der Waals surface area contributed by atoms with E-state index in [-0.39, 0.29) is 0 Å². The second-order valence-electron chi connectivity index (χ2n) is 12.5. The van der Waals surface area contributed by atoms with Crippen LogP contribution < -0.4 is 4.90 Å². The van der Waals surface area contributed by atoms with Crippen molar-refractivity contribution in [3.63, 3.8) is 0 Å². The molecule has 0 unspecified atom stereocenters. The fraction of sp³-hybridized carbons (Fsp3) is 0. The van der Waals surface area contributed by atoms with Crippen LogP contribution in [-0.4, -0.2) is 0 Å². The van der Waals surface area contributed by atoms with Crippen LogP contribution in [0.2, 0.25) is 0 Å². The smallest absolute Gasteiger partial charge is 0.143 e. The summed E-state index contributed by atoms with van der Waals surface area (Å²) in [6.45, 7) is 0. The maximum atomic E-state index is 6.50. The molecule has 0 aliphatic carbocycles. The summed E-state index contributed by atoms with van der Waals surface area (Å²) >= 11 is 1.85. The molecule has 0 aliphatic rings. The molecule has 10 rings (SSSR count). The molecule has 230 valence electrons. The molecule has 49 heavy (non-hydrogen) atoms. The van der Waals surface area contributed by atoms with Gasteiger partial charge in [0.2, 0.25) is 0 Å². The van der Waals surface area contributed by atoms with Crippen molar-refractivity contribution < 1.29 is 4.42 Å². The van der Waals surface area contributed by atoms with E-state index in [4.69, 9.17) is 4.42 Å². The molecule has 0 amide bonds. The Kier molecular flexibility index (Phi) is 6.39. The molecule has 2 heterocycles. The summed E-state index contributed by atoms with van der Waals surface area (Å²) in [6.07, 6.45) is 0. The minimum atomic E-state index is 0.906. The molecule has 2 nitrogen and oxygen atoms in total. The van der Waals surface area contributed by atoms with E-state index in [1.165, 1.54) is 42.2 Å². The zero-order valence-corrected chi connectivity index (χ0v) is 27.3. The van der Waals surface area contributed by atoms with Gasteiger partial charge in [-0.15, -0.1) is 11.3 Å². The first-order chi connectivity index (χ1) is 24.3. The van der Waals surface area contributed by atoms with Gasteiger partial charge in [0.05, 0.1) is 0 Å². The molecule has 8 aromatic carbocycles. The number of hydrogen-bond donors (Lipinski definition) is 0. The van der Waals surface area contributed by atoms with Gasteiger partial charge in [-0.2, -0.15) is 0 Å². The molecule has 0 spiro atoms. The van der Waals surface area contributed by atoms with E-state index >= 15 is 0 Å². The van der Waals surface area contributed by atoms with Crippen molar-refractivity contribution in [1.29, 1.82) is 0 Å². The Bertz CT molecular complexity index is 2830. The normalized spacial score (nSPS) is 11.7. The van der Waals surface area contributed by atoms with Crippen LogP contribution in [-0.2, 0) is 0 Å². The molecule has 2 aromatic heterocycles. The van der Waals surface area contributed by atoms with Crippen molar-refractivity contribution >= 4 is 81.3 Å². The predicted octanol–water partition coefficient (Wildman–Crippen LogP) is 13.9. The van der Waals surface area contributed by atoms with Gasteiger partial charge in [-0.1, -0.05) is 115 Å². The first kappa shape index (κ1) is 27.9. The fourth-order valence-corrected chi connectivity index (χ4v) is 8.43. The van der Waals surface area contributed by atoms with Crippen LogP contribution in [0.3, 0.4) is 0 Å². The summed E-state index contributed by atoms with van der Waals surface area (Å²) in [6, 6.07) is 63.2. The Morgan fingerprint density at radius 1 is 0.408 bits per heavy atom. The van der Waals surface area contributed by atoms with Gasteiger partial charge in [-0.05, 0) is 88.3 Å². The highest BCUT2D eigenvalue weighted by molar-refractivity contribution is 7.25. The number of anilines is 3. The molecule has 0 atom stereocenters. The van der Waals surface area contributed by atoms with E-state index in [0.29, 0.717) is 0 Å². The van der Waals surface area contributed by atoms with Crippen molar-refractivity contribution in [2.24, 2.45) is 0 Å². The first-order valence-electron chi connectivity index (χ1n) is 16.6. The van der Waals surface area contributed by atoms with Gasteiger partial charge in [0.25, 0.3) is 0 Å². The first-order valence-corrected chi connectivity index (χ1v) is 17.4. The number of hydrogen-bond acceptors (Lipinski definition) is 3. The van der Waals surface area contributed by atoms with Crippen LogP contribution in [0.4, 0.5) is 17.1 Å². The molecule has 0 aliphatic heterocycles. The van der Waals surface area contributed by atoms with Gasteiger partial charge in [0.15, 0.2) is 0 Å². The molecule has 0 bridgehead atoms. The summed E-state index contributed by atoms with van der Waals surface area (Å²) in [5, 5.41) is 7.20. The number of furan rings is 1. The highest BCUT2D eigenvalue weighted by Crippen LogP contribution is 2.43. The maximum absolute atomic E-state index is 6.50. The van der Waals surface area contributed by atoms with Gasteiger partial charge in [0.1, 0.15) is 11.2 Å². The van der Waals surface area contributed by atoms with Crippen LogP contribution in [0.5, 0.6) is 0 Å². The summed E-state index contributed by atoms with van der Waals surface area (Å²) in [7, 11) is 0. The summed E-state index contributed by atoms with van der Waals surface area (Å²) in [4.78, 5) is 2.38. The summed E-state index contributed by atoms with van der Waals surface area (Å²) in [5.41, 5.74) is 9.90. The molecule has 0 saturated heterocycles. The van der Waals surface area contributed by atoms with Crippen molar-refractivity contribution in [2.75, 3.05) is 4.90 Å². The quantitative estimate of drug-likeness (QED) is 0.186. The van der Waals surface area contributed by atoms with Crippen molar-refractivity contribution in [1.82, 2.24) is 0 Å². The lowest BCUT2D eigenvalue weighted by Crippen LogP contribution is -2.10. The Morgan fingerprint density at radius 2 is 1.12 bits per heavy atom. The number of rotatable bonds is 5. The van der Waals surface area contributed by atoms with Crippen LogP contribution in [0, 0.1) is 0 Å². The van der Waals surface area contributed by atoms with E-state index in [1.54, 1.807) is 0 Å². The number of nitrogens with zero attached hydrogens (tertiary/aromatic N) is 1. The lowest BCUT2D eigenvalue weighted by atomic mass is 9.98. The molecule has 3 heteroatoms. The Hall–Kier alpha value is -6.16. The predicted molar refractivity (Wildman–Crippen MR) is 210 cm³/mol. The van der Waals surface area contributed by atoms with E-state index in [0.717, 1.165) is 50.0 Å². The van der Waals surface area contributed by atoms with Gasteiger partial charge in [0, 0.05) is 53.4 Å². The molecule has 10 aromatic rings. The van der Waals surface area contributed by atoms with Gasteiger partial charge in [-0.3, -0.25) is 0 Å². The van der Waals surface area contributed by atoms with Crippen LogP contribution in [0.1, 0.15) is 0 Å². The third-order valence-corrected chi connectivity index (χ3v) is 10.8. The highest BCUT2D eigenvalue weighted by Gasteiger charge is 2.18. The zero-order chi connectivity index (χ0) is 32.3. The summed E-state index contributed by atoms with van der Waals surface area (Å²) in [5.74, 6) is 0. The third-order valence-electron chi connectivity index (χ3n) is 9.65. The Labute approximate surface area is 287 Å². The molecular weight excluding hydrogens is 615 g/mol. The standard InChI is InChI=1S/C46H29NOS/c1-2-10-30(11-3-1)33-13-8-14-35(28-33)47(36-25-27-44-41(29-36)39-16-6-7-19-43(39)49-44)34-23-20-32(21-24-34)37-17-9-18-42-45(37)40-26-22-31-12-4-5-15-38(31)46(40)48-42/h1-29H. The number of thiophene rings is 1. The fourth-order valence-electron chi connectivity index (χ4n) is 7.34. The van der Waals surface area contributed by atoms with Gasteiger partial charge >= 0.3 is 0 Å². The number of fused-ring (bicyclic) bond motifs is 8. The van der Waals surface area contributed by atoms with Crippen LogP contribution in [0.25, 0.3) is 75.1 Å². The number of benzene rings is 8. The third kappa shape index (κ3) is 4.62. The molecular formula is C46H29NOS. The summed E-state index contributed by atoms with van der Waals surface area (Å²) < 4.78 is 9.11. The van der Waals surface area contributed by atoms with E-state index in [9.17, 15) is 0 Å². The minimum absolute atomic E-state index is 0.906. The van der Waals surface area contributed by atoms with Crippen molar-refractivity contribution in [3.05, 3.63) is 176 Å². The highest BCUT2D eigenvalue weighted by atomic mass is 32.1.